The number of likely N-dealkylation sites (N-methyl/N-ethyl adjacent to an activating group) is 1. The van der Waals surface area contributed by atoms with Gasteiger partial charge in [0.25, 0.3) is 0 Å². The zero-order chi connectivity index (χ0) is 9.68. The molecule has 1 unspecified atom stereocenters. The SMILES string of the molecule is CNCC(O)CSc1ncnn1C. The van der Waals surface area contributed by atoms with Gasteiger partial charge in [-0.1, -0.05) is 11.8 Å². The number of hydrogen-bond acceptors (Lipinski definition) is 5. The van der Waals surface area contributed by atoms with Crippen LogP contribution in [0, 0.1) is 0 Å². The lowest BCUT2D eigenvalue weighted by Gasteiger charge is -2.07. The highest BCUT2D eigenvalue weighted by molar-refractivity contribution is 7.99. The average Bonchev–Trinajstić information content (AvgIpc) is 2.48. The van der Waals surface area contributed by atoms with Crippen LogP contribution in [0.5, 0.6) is 0 Å². The first-order valence-corrected chi connectivity index (χ1v) is 5.02. The molecule has 2 N–H and O–H groups in total. The minimum absolute atomic E-state index is 0.341. The van der Waals surface area contributed by atoms with Crippen LogP contribution in [0.3, 0.4) is 0 Å². The molecule has 0 aromatic carbocycles. The van der Waals surface area contributed by atoms with Crippen molar-refractivity contribution in [1.29, 1.82) is 0 Å². The number of thioether (sulfide) groups is 1. The predicted molar refractivity (Wildman–Crippen MR) is 51.7 cm³/mol. The Balaban J connectivity index is 2.30. The second kappa shape index (κ2) is 5.21. The Hall–Kier alpha value is -0.590. The molecule has 0 aliphatic rings. The predicted octanol–water partition coefficient (Wildman–Crippen LogP) is -0.513. The number of hydrogen-bond donors (Lipinski definition) is 2. The summed E-state index contributed by atoms with van der Waals surface area (Å²) in [6.07, 6.45) is 1.17. The fourth-order valence-corrected chi connectivity index (χ4v) is 1.70. The van der Waals surface area contributed by atoms with Crippen molar-refractivity contribution in [3.63, 3.8) is 0 Å². The first kappa shape index (κ1) is 10.5. The molecule has 13 heavy (non-hydrogen) atoms. The van der Waals surface area contributed by atoms with E-state index < -0.39 is 0 Å². The van der Waals surface area contributed by atoms with Gasteiger partial charge in [0, 0.05) is 19.3 Å². The van der Waals surface area contributed by atoms with Crippen LogP contribution in [0.2, 0.25) is 0 Å². The lowest BCUT2D eigenvalue weighted by atomic mass is 10.4. The summed E-state index contributed by atoms with van der Waals surface area (Å²) in [7, 11) is 3.65. The molecule has 1 rings (SSSR count). The summed E-state index contributed by atoms with van der Waals surface area (Å²) in [6, 6.07) is 0. The third-order valence-corrected chi connectivity index (χ3v) is 2.69. The summed E-state index contributed by atoms with van der Waals surface area (Å²) >= 11 is 1.50. The van der Waals surface area contributed by atoms with E-state index in [2.05, 4.69) is 15.4 Å². The molecule has 0 bridgehead atoms. The van der Waals surface area contributed by atoms with Gasteiger partial charge in [0.2, 0.25) is 0 Å². The summed E-state index contributed by atoms with van der Waals surface area (Å²) in [5.41, 5.74) is 0. The molecular weight excluding hydrogens is 188 g/mol. The zero-order valence-corrected chi connectivity index (χ0v) is 8.58. The summed E-state index contributed by atoms with van der Waals surface area (Å²) in [6.45, 7) is 0.602. The summed E-state index contributed by atoms with van der Waals surface area (Å²) in [4.78, 5) is 4.03. The number of aliphatic hydroxyl groups is 1. The number of aliphatic hydroxyl groups excluding tert-OH is 1. The van der Waals surface area contributed by atoms with Crippen LogP contribution in [0.4, 0.5) is 0 Å². The monoisotopic (exact) mass is 202 g/mol. The van der Waals surface area contributed by atoms with E-state index in [0.29, 0.717) is 12.3 Å². The molecule has 6 heteroatoms. The minimum atomic E-state index is -0.341. The van der Waals surface area contributed by atoms with Crippen molar-refractivity contribution >= 4 is 11.8 Å². The lowest BCUT2D eigenvalue weighted by Crippen LogP contribution is -2.25. The second-order valence-corrected chi connectivity index (χ2v) is 3.68. The quantitative estimate of drug-likeness (QED) is 0.630. The largest absolute Gasteiger partial charge is 0.391 e. The van der Waals surface area contributed by atoms with Crippen molar-refractivity contribution in [2.75, 3.05) is 19.3 Å². The van der Waals surface area contributed by atoms with Gasteiger partial charge in [-0.05, 0) is 7.05 Å². The zero-order valence-electron chi connectivity index (χ0n) is 7.77. The van der Waals surface area contributed by atoms with Gasteiger partial charge in [-0.2, -0.15) is 5.10 Å². The van der Waals surface area contributed by atoms with E-state index in [1.165, 1.54) is 18.1 Å². The third kappa shape index (κ3) is 3.33. The molecule has 1 heterocycles. The molecule has 1 atom stereocenters. The Morgan fingerprint density at radius 2 is 2.54 bits per heavy atom. The first-order chi connectivity index (χ1) is 6.24. The van der Waals surface area contributed by atoms with Crippen molar-refractivity contribution in [3.05, 3.63) is 6.33 Å². The van der Waals surface area contributed by atoms with Gasteiger partial charge in [-0.3, -0.25) is 0 Å². The maximum absolute atomic E-state index is 9.40. The number of rotatable bonds is 5. The van der Waals surface area contributed by atoms with Crippen molar-refractivity contribution in [3.8, 4) is 0 Å². The van der Waals surface area contributed by atoms with Crippen molar-refractivity contribution in [2.24, 2.45) is 7.05 Å². The Morgan fingerprint density at radius 3 is 3.08 bits per heavy atom. The molecule has 74 valence electrons. The number of aromatic nitrogens is 3. The minimum Gasteiger partial charge on any atom is -0.391 e. The van der Waals surface area contributed by atoms with Gasteiger partial charge in [0.05, 0.1) is 6.10 Å². The molecule has 0 aliphatic carbocycles. The van der Waals surface area contributed by atoms with Crippen LogP contribution in [0.15, 0.2) is 11.5 Å². The topological polar surface area (TPSA) is 63.0 Å². The van der Waals surface area contributed by atoms with Crippen LogP contribution < -0.4 is 5.32 Å². The van der Waals surface area contributed by atoms with E-state index in [4.69, 9.17) is 0 Å². The van der Waals surface area contributed by atoms with Gasteiger partial charge in [0.1, 0.15) is 6.33 Å². The average molecular weight is 202 g/mol. The van der Waals surface area contributed by atoms with E-state index in [9.17, 15) is 5.11 Å². The molecule has 0 aliphatic heterocycles. The van der Waals surface area contributed by atoms with Gasteiger partial charge < -0.3 is 10.4 Å². The Morgan fingerprint density at radius 1 is 1.77 bits per heavy atom. The molecule has 1 aromatic rings. The maximum Gasteiger partial charge on any atom is 0.185 e. The van der Waals surface area contributed by atoms with Crippen LogP contribution in [0.1, 0.15) is 0 Å². The number of aryl methyl sites for hydroxylation is 1. The Labute approximate surface area is 81.6 Å². The molecular formula is C7H14N4OS. The molecule has 0 saturated carbocycles. The van der Waals surface area contributed by atoms with Crippen molar-refractivity contribution in [1.82, 2.24) is 20.1 Å². The molecule has 1 aromatic heterocycles. The molecule has 0 spiro atoms. The van der Waals surface area contributed by atoms with E-state index in [1.54, 1.807) is 4.68 Å². The Bertz CT molecular complexity index is 252. The smallest absolute Gasteiger partial charge is 0.185 e. The molecule has 0 radical (unpaired) electrons. The number of nitrogens with zero attached hydrogens (tertiary/aromatic N) is 3. The second-order valence-electron chi connectivity index (χ2n) is 2.69. The highest BCUT2D eigenvalue weighted by Gasteiger charge is 2.06. The van der Waals surface area contributed by atoms with Crippen LogP contribution in [0.25, 0.3) is 0 Å². The Kier molecular flexibility index (Phi) is 4.20. The van der Waals surface area contributed by atoms with Crippen LogP contribution in [-0.2, 0) is 7.05 Å². The molecule has 5 nitrogen and oxygen atoms in total. The molecule has 0 amide bonds. The standard InChI is InChI=1S/C7H14N4OS/c1-8-3-6(12)4-13-7-9-5-10-11(7)2/h5-6,8,12H,3-4H2,1-2H3. The third-order valence-electron chi connectivity index (χ3n) is 1.51. The van der Waals surface area contributed by atoms with Gasteiger partial charge >= 0.3 is 0 Å². The van der Waals surface area contributed by atoms with Crippen LogP contribution in [-0.4, -0.2) is 45.3 Å². The van der Waals surface area contributed by atoms with Crippen molar-refractivity contribution in [2.45, 2.75) is 11.3 Å². The van der Waals surface area contributed by atoms with E-state index >= 15 is 0 Å². The summed E-state index contributed by atoms with van der Waals surface area (Å²) in [5.74, 6) is 0.632. The number of nitrogens with one attached hydrogen (secondary N) is 1. The fraction of sp³-hybridized carbons (Fsp3) is 0.714. The lowest BCUT2D eigenvalue weighted by molar-refractivity contribution is 0.199. The van der Waals surface area contributed by atoms with Gasteiger partial charge in [0.15, 0.2) is 5.16 Å². The summed E-state index contributed by atoms with van der Waals surface area (Å²) < 4.78 is 1.69. The van der Waals surface area contributed by atoms with Crippen molar-refractivity contribution < 1.29 is 5.11 Å². The van der Waals surface area contributed by atoms with E-state index in [0.717, 1.165) is 5.16 Å². The van der Waals surface area contributed by atoms with Gasteiger partial charge in [-0.25, -0.2) is 9.67 Å². The normalized spacial score (nSPS) is 13.2. The van der Waals surface area contributed by atoms with E-state index in [1.807, 2.05) is 14.1 Å². The first-order valence-electron chi connectivity index (χ1n) is 4.03. The highest BCUT2D eigenvalue weighted by atomic mass is 32.2. The van der Waals surface area contributed by atoms with Crippen LogP contribution >= 0.6 is 11.8 Å². The molecule has 0 saturated heterocycles. The summed E-state index contributed by atoms with van der Waals surface area (Å²) in [5, 5.41) is 17.1. The maximum atomic E-state index is 9.40. The van der Waals surface area contributed by atoms with Gasteiger partial charge in [-0.15, -0.1) is 0 Å². The molecule has 0 fully saturated rings. The fourth-order valence-electron chi connectivity index (χ4n) is 0.882. The highest BCUT2D eigenvalue weighted by Crippen LogP contribution is 2.13. The van der Waals surface area contributed by atoms with E-state index in [-0.39, 0.29) is 6.10 Å².